The Balaban J connectivity index is 2.53. The van der Waals surface area contributed by atoms with Gasteiger partial charge in [-0.1, -0.05) is 15.9 Å². The fraction of sp³-hybridized carbons (Fsp3) is 0.727. The summed E-state index contributed by atoms with van der Waals surface area (Å²) in [7, 11) is 0. The third kappa shape index (κ3) is 4.24. The van der Waals surface area contributed by atoms with Crippen LogP contribution in [0.1, 0.15) is 33.6 Å². The van der Waals surface area contributed by atoms with Crippen LogP contribution in [-0.2, 0) is 4.74 Å². The van der Waals surface area contributed by atoms with Crippen molar-refractivity contribution in [3.8, 4) is 0 Å². The minimum absolute atomic E-state index is 0.214. The van der Waals surface area contributed by atoms with Crippen LogP contribution < -0.4 is 0 Å². The van der Waals surface area contributed by atoms with E-state index in [1.165, 1.54) is 5.57 Å². The van der Waals surface area contributed by atoms with Crippen molar-refractivity contribution in [1.82, 2.24) is 4.90 Å². The highest BCUT2D eigenvalue weighted by molar-refractivity contribution is 9.11. The van der Waals surface area contributed by atoms with Gasteiger partial charge < -0.3 is 9.64 Å². The van der Waals surface area contributed by atoms with Gasteiger partial charge in [0.2, 0.25) is 0 Å². The molecule has 15 heavy (non-hydrogen) atoms. The highest BCUT2D eigenvalue weighted by atomic mass is 79.9. The van der Waals surface area contributed by atoms with Gasteiger partial charge in [0, 0.05) is 13.1 Å². The maximum atomic E-state index is 11.7. The van der Waals surface area contributed by atoms with Crippen LogP contribution >= 0.6 is 15.9 Å². The first-order chi connectivity index (χ1) is 6.92. The lowest BCUT2D eigenvalue weighted by Gasteiger charge is -2.31. The van der Waals surface area contributed by atoms with Crippen molar-refractivity contribution in [1.29, 1.82) is 0 Å². The summed E-state index contributed by atoms with van der Waals surface area (Å²) in [4.78, 5) is 15.4. The minimum Gasteiger partial charge on any atom is -0.444 e. The van der Waals surface area contributed by atoms with Gasteiger partial charge in [0.05, 0.1) is 0 Å². The molecule has 86 valence electrons. The summed E-state index contributed by atoms with van der Waals surface area (Å²) in [6.45, 7) is 7.13. The molecule has 1 rings (SSSR count). The Bertz CT molecular complexity index is 268. The van der Waals surface area contributed by atoms with E-state index in [1.54, 1.807) is 4.90 Å². The molecule has 1 fully saturated rings. The zero-order chi connectivity index (χ0) is 11.5. The van der Waals surface area contributed by atoms with Gasteiger partial charge in [-0.3, -0.25) is 0 Å². The number of hydrogen-bond acceptors (Lipinski definition) is 2. The van der Waals surface area contributed by atoms with Crippen molar-refractivity contribution >= 4 is 22.0 Å². The van der Waals surface area contributed by atoms with Crippen molar-refractivity contribution in [2.45, 2.75) is 39.2 Å². The van der Waals surface area contributed by atoms with E-state index in [2.05, 4.69) is 15.9 Å². The summed E-state index contributed by atoms with van der Waals surface area (Å²) in [5.74, 6) is 0. The van der Waals surface area contributed by atoms with E-state index in [0.717, 1.165) is 19.4 Å². The van der Waals surface area contributed by atoms with Crippen LogP contribution in [0.4, 0.5) is 4.79 Å². The first-order valence-electron chi connectivity index (χ1n) is 5.18. The number of hydrogen-bond donors (Lipinski definition) is 0. The van der Waals surface area contributed by atoms with Crippen molar-refractivity contribution < 1.29 is 9.53 Å². The smallest absolute Gasteiger partial charge is 0.410 e. The Morgan fingerprint density at radius 3 is 2.73 bits per heavy atom. The molecule has 0 aromatic carbocycles. The highest BCUT2D eigenvalue weighted by Crippen LogP contribution is 2.19. The van der Waals surface area contributed by atoms with Gasteiger partial charge in [0.25, 0.3) is 0 Å². The summed E-state index contributed by atoms with van der Waals surface area (Å²) in [5, 5.41) is 0. The molecule has 0 aliphatic carbocycles. The van der Waals surface area contributed by atoms with Gasteiger partial charge in [-0.15, -0.1) is 0 Å². The van der Waals surface area contributed by atoms with Crippen LogP contribution in [-0.4, -0.2) is 29.7 Å². The quantitative estimate of drug-likeness (QED) is 0.679. The predicted molar refractivity (Wildman–Crippen MR) is 64.1 cm³/mol. The van der Waals surface area contributed by atoms with Crippen molar-refractivity contribution in [2.75, 3.05) is 13.1 Å². The minimum atomic E-state index is -0.410. The third-order valence-corrected chi connectivity index (χ3v) is 2.77. The Hall–Kier alpha value is -0.510. The average molecular weight is 276 g/mol. The molecule has 0 spiro atoms. The van der Waals surface area contributed by atoms with E-state index in [4.69, 9.17) is 4.74 Å². The molecule has 0 radical (unpaired) electrons. The number of likely N-dealkylation sites (tertiary alicyclic amines) is 1. The standard InChI is InChI=1S/C11H18BrNO2/c1-11(2,3)15-10(14)13-6-4-5-9(7-12)8-13/h7H,4-6,8H2,1-3H3. The van der Waals surface area contributed by atoms with Crippen LogP contribution in [0.15, 0.2) is 10.6 Å². The van der Waals surface area contributed by atoms with Crippen LogP contribution in [0.2, 0.25) is 0 Å². The summed E-state index contributed by atoms with van der Waals surface area (Å²) in [6, 6.07) is 0. The summed E-state index contributed by atoms with van der Waals surface area (Å²) < 4.78 is 5.31. The second-order valence-corrected chi connectivity index (χ2v) is 5.23. The number of carbonyl (C=O) groups is 1. The number of ether oxygens (including phenoxy) is 1. The van der Waals surface area contributed by atoms with Gasteiger partial charge >= 0.3 is 6.09 Å². The Kier molecular flexibility index (Phi) is 4.20. The van der Waals surface area contributed by atoms with Crippen molar-refractivity contribution in [3.05, 3.63) is 10.6 Å². The largest absolute Gasteiger partial charge is 0.444 e. The Labute approximate surface area is 99.6 Å². The highest BCUT2D eigenvalue weighted by Gasteiger charge is 2.24. The summed E-state index contributed by atoms with van der Waals surface area (Å²) in [5.41, 5.74) is 0.833. The summed E-state index contributed by atoms with van der Waals surface area (Å²) >= 11 is 3.31. The lowest BCUT2D eigenvalue weighted by molar-refractivity contribution is 0.0247. The van der Waals surface area contributed by atoms with Crippen molar-refractivity contribution in [3.63, 3.8) is 0 Å². The fourth-order valence-electron chi connectivity index (χ4n) is 1.47. The molecule has 1 amide bonds. The monoisotopic (exact) mass is 275 g/mol. The number of carbonyl (C=O) groups excluding carboxylic acids is 1. The Morgan fingerprint density at radius 2 is 2.20 bits per heavy atom. The van der Waals surface area contributed by atoms with Gasteiger partial charge in [0.1, 0.15) is 5.60 Å². The molecular formula is C11H18BrNO2. The van der Waals surface area contributed by atoms with E-state index in [-0.39, 0.29) is 6.09 Å². The molecule has 4 heteroatoms. The van der Waals surface area contributed by atoms with Gasteiger partial charge in [-0.2, -0.15) is 0 Å². The second kappa shape index (κ2) is 5.01. The van der Waals surface area contributed by atoms with Crippen LogP contribution in [0, 0.1) is 0 Å². The molecule has 0 bridgehead atoms. The molecule has 0 N–H and O–H groups in total. The van der Waals surface area contributed by atoms with E-state index in [1.807, 2.05) is 25.8 Å². The van der Waals surface area contributed by atoms with E-state index in [9.17, 15) is 4.79 Å². The second-order valence-electron chi connectivity index (χ2n) is 4.77. The number of piperidine rings is 1. The van der Waals surface area contributed by atoms with E-state index in [0.29, 0.717) is 6.54 Å². The molecule has 1 aliphatic rings. The zero-order valence-electron chi connectivity index (χ0n) is 9.55. The normalized spacial score (nSPS) is 20.5. The van der Waals surface area contributed by atoms with E-state index >= 15 is 0 Å². The lowest BCUT2D eigenvalue weighted by atomic mass is 10.1. The fourth-order valence-corrected chi connectivity index (χ4v) is 1.85. The molecule has 0 aromatic heterocycles. The van der Waals surface area contributed by atoms with E-state index < -0.39 is 5.60 Å². The van der Waals surface area contributed by atoms with Crippen LogP contribution in [0.25, 0.3) is 0 Å². The van der Waals surface area contributed by atoms with Gasteiger partial charge in [-0.05, 0) is 44.2 Å². The van der Waals surface area contributed by atoms with Crippen molar-refractivity contribution in [2.24, 2.45) is 0 Å². The number of rotatable bonds is 0. The predicted octanol–water partition coefficient (Wildman–Crippen LogP) is 3.30. The molecule has 0 aromatic rings. The first kappa shape index (κ1) is 12.6. The topological polar surface area (TPSA) is 29.5 Å². The van der Waals surface area contributed by atoms with Crippen LogP contribution in [0.5, 0.6) is 0 Å². The number of amides is 1. The number of nitrogens with zero attached hydrogens (tertiary/aromatic N) is 1. The molecule has 1 saturated heterocycles. The number of halogens is 1. The summed E-state index contributed by atoms with van der Waals surface area (Å²) in [6.07, 6.45) is 1.86. The maximum absolute atomic E-state index is 11.7. The zero-order valence-corrected chi connectivity index (χ0v) is 11.1. The molecule has 1 aliphatic heterocycles. The van der Waals surface area contributed by atoms with Gasteiger partial charge in [-0.25, -0.2) is 4.79 Å². The molecule has 1 heterocycles. The Morgan fingerprint density at radius 1 is 1.53 bits per heavy atom. The third-order valence-electron chi connectivity index (χ3n) is 2.13. The first-order valence-corrected chi connectivity index (χ1v) is 6.10. The molecular weight excluding hydrogens is 258 g/mol. The lowest BCUT2D eigenvalue weighted by Crippen LogP contribution is -2.40. The van der Waals surface area contributed by atoms with Crippen LogP contribution in [0.3, 0.4) is 0 Å². The SMILES string of the molecule is CC(C)(C)OC(=O)N1CCCC(=CBr)C1. The molecule has 0 saturated carbocycles. The average Bonchev–Trinajstić information content (AvgIpc) is 2.15. The van der Waals surface area contributed by atoms with Gasteiger partial charge in [0.15, 0.2) is 0 Å². The molecule has 3 nitrogen and oxygen atoms in total. The maximum Gasteiger partial charge on any atom is 0.410 e. The molecule has 0 unspecified atom stereocenters. The molecule has 0 atom stereocenters.